The van der Waals surface area contributed by atoms with Crippen molar-refractivity contribution in [2.75, 3.05) is 18.0 Å². The van der Waals surface area contributed by atoms with Crippen molar-refractivity contribution in [2.45, 2.75) is 39.2 Å². The Morgan fingerprint density at radius 1 is 1.34 bits per heavy atom. The molecule has 1 atom stereocenters. The molecule has 0 saturated carbocycles. The van der Waals surface area contributed by atoms with Crippen molar-refractivity contribution < 1.29 is 4.79 Å². The predicted molar refractivity (Wildman–Crippen MR) is 112 cm³/mol. The van der Waals surface area contributed by atoms with E-state index in [0.29, 0.717) is 12.4 Å². The van der Waals surface area contributed by atoms with Crippen LogP contribution in [0.2, 0.25) is 0 Å². The van der Waals surface area contributed by atoms with Gasteiger partial charge in [0.05, 0.1) is 17.1 Å². The van der Waals surface area contributed by atoms with Crippen molar-refractivity contribution in [3.8, 4) is 11.4 Å². The summed E-state index contributed by atoms with van der Waals surface area (Å²) in [6.45, 7) is 5.60. The van der Waals surface area contributed by atoms with Crippen molar-refractivity contribution in [3.63, 3.8) is 0 Å². The van der Waals surface area contributed by atoms with Gasteiger partial charge < -0.3 is 15.2 Å². The number of aromatic amines is 1. The van der Waals surface area contributed by atoms with E-state index in [1.165, 1.54) is 5.56 Å². The highest BCUT2D eigenvalue weighted by atomic mass is 16.1. The van der Waals surface area contributed by atoms with E-state index in [1.54, 1.807) is 6.20 Å². The average molecular weight is 393 g/mol. The van der Waals surface area contributed by atoms with E-state index in [4.69, 9.17) is 0 Å². The van der Waals surface area contributed by atoms with Crippen molar-refractivity contribution in [2.24, 2.45) is 7.05 Å². The first kappa shape index (κ1) is 19.2. The lowest BCUT2D eigenvalue weighted by Crippen LogP contribution is -2.37. The van der Waals surface area contributed by atoms with Gasteiger partial charge >= 0.3 is 0 Å². The zero-order valence-corrected chi connectivity index (χ0v) is 17.1. The summed E-state index contributed by atoms with van der Waals surface area (Å²) < 4.78 is 1.87. The minimum atomic E-state index is 0.0838. The van der Waals surface area contributed by atoms with Crippen LogP contribution in [0.5, 0.6) is 0 Å². The molecular formula is C21H27N7O. The standard InChI is InChI=1S/C21H27N7O/c1-14-17(15(2)27(3)26-14)6-7-20(29)24-16-9-12-28(13-16)21-23-11-8-19(25-21)18-5-4-10-22-18/h4-5,8,10-11,16,22H,6-7,9,12-13H2,1-3H3,(H,24,29). The quantitative estimate of drug-likeness (QED) is 0.670. The van der Waals surface area contributed by atoms with E-state index in [0.717, 1.165) is 48.7 Å². The molecule has 0 aromatic carbocycles. The van der Waals surface area contributed by atoms with Crippen molar-refractivity contribution in [1.82, 2.24) is 30.0 Å². The smallest absolute Gasteiger partial charge is 0.225 e. The first-order chi connectivity index (χ1) is 14.0. The molecule has 1 aliphatic heterocycles. The van der Waals surface area contributed by atoms with E-state index in [9.17, 15) is 4.79 Å². The van der Waals surface area contributed by atoms with Gasteiger partial charge in [-0.2, -0.15) is 5.10 Å². The Balaban J connectivity index is 1.32. The molecule has 152 valence electrons. The van der Waals surface area contributed by atoms with Gasteiger partial charge in [-0.25, -0.2) is 9.97 Å². The lowest BCUT2D eigenvalue weighted by atomic mass is 10.1. The fourth-order valence-corrected chi connectivity index (χ4v) is 3.92. The third-order valence-electron chi connectivity index (χ3n) is 5.61. The molecule has 3 aromatic rings. The second-order valence-electron chi connectivity index (χ2n) is 7.60. The number of aromatic nitrogens is 5. The van der Waals surface area contributed by atoms with E-state index in [1.807, 2.05) is 50.0 Å². The topological polar surface area (TPSA) is 91.7 Å². The van der Waals surface area contributed by atoms with Gasteiger partial charge in [0, 0.05) is 50.7 Å². The predicted octanol–water partition coefficient (Wildman–Crippen LogP) is 2.15. The number of H-pyrrole nitrogens is 1. The van der Waals surface area contributed by atoms with E-state index in [2.05, 4.69) is 30.3 Å². The molecule has 1 fully saturated rings. The number of amides is 1. The first-order valence-electron chi connectivity index (χ1n) is 10.0. The zero-order chi connectivity index (χ0) is 20.4. The maximum atomic E-state index is 12.5. The minimum absolute atomic E-state index is 0.0838. The summed E-state index contributed by atoms with van der Waals surface area (Å²) in [5.74, 6) is 0.788. The number of nitrogens with zero attached hydrogens (tertiary/aromatic N) is 5. The van der Waals surface area contributed by atoms with Gasteiger partial charge in [-0.1, -0.05) is 0 Å². The molecule has 4 heterocycles. The molecule has 0 aliphatic carbocycles. The van der Waals surface area contributed by atoms with Crippen molar-refractivity contribution in [1.29, 1.82) is 0 Å². The molecule has 8 nitrogen and oxygen atoms in total. The van der Waals surface area contributed by atoms with Crippen LogP contribution in [0.3, 0.4) is 0 Å². The number of rotatable bonds is 6. The molecule has 1 aliphatic rings. The summed E-state index contributed by atoms with van der Waals surface area (Å²) >= 11 is 0. The van der Waals surface area contributed by atoms with Gasteiger partial charge in [0.25, 0.3) is 0 Å². The molecule has 1 amide bonds. The number of hydrogen-bond acceptors (Lipinski definition) is 5. The molecule has 4 rings (SSSR count). The number of aryl methyl sites for hydroxylation is 2. The summed E-state index contributed by atoms with van der Waals surface area (Å²) in [6, 6.07) is 5.96. The third-order valence-corrected chi connectivity index (χ3v) is 5.61. The highest BCUT2D eigenvalue weighted by molar-refractivity contribution is 5.76. The summed E-state index contributed by atoms with van der Waals surface area (Å²) in [7, 11) is 1.94. The van der Waals surface area contributed by atoms with Gasteiger partial charge in [0.15, 0.2) is 0 Å². The average Bonchev–Trinajstić information content (AvgIpc) is 3.44. The van der Waals surface area contributed by atoms with Gasteiger partial charge in [-0.15, -0.1) is 0 Å². The van der Waals surface area contributed by atoms with Crippen LogP contribution < -0.4 is 10.2 Å². The summed E-state index contributed by atoms with van der Waals surface area (Å²) in [4.78, 5) is 26.9. The Bertz CT molecular complexity index is 993. The Morgan fingerprint density at radius 2 is 2.21 bits per heavy atom. The SMILES string of the molecule is Cc1nn(C)c(C)c1CCC(=O)NC1CCN(c2nccc(-c3ccc[nH]3)n2)C1. The van der Waals surface area contributed by atoms with E-state index < -0.39 is 0 Å². The van der Waals surface area contributed by atoms with Gasteiger partial charge in [0.1, 0.15) is 0 Å². The molecule has 1 unspecified atom stereocenters. The molecule has 1 saturated heterocycles. The van der Waals surface area contributed by atoms with Crippen LogP contribution in [0.15, 0.2) is 30.6 Å². The zero-order valence-electron chi connectivity index (χ0n) is 17.1. The monoisotopic (exact) mass is 393 g/mol. The van der Waals surface area contributed by atoms with Gasteiger partial charge in [0.2, 0.25) is 11.9 Å². The Hall–Kier alpha value is -3.16. The fraction of sp³-hybridized carbons (Fsp3) is 0.429. The third kappa shape index (κ3) is 4.16. The largest absolute Gasteiger partial charge is 0.360 e. The lowest BCUT2D eigenvalue weighted by Gasteiger charge is -2.17. The first-order valence-corrected chi connectivity index (χ1v) is 10.0. The van der Waals surface area contributed by atoms with Crippen LogP contribution in [0, 0.1) is 13.8 Å². The number of hydrogen-bond donors (Lipinski definition) is 2. The van der Waals surface area contributed by atoms with Gasteiger partial charge in [-0.05, 0) is 50.5 Å². The molecule has 3 aromatic heterocycles. The normalized spacial score (nSPS) is 16.4. The molecule has 0 spiro atoms. The van der Waals surface area contributed by atoms with Crippen LogP contribution in [0.25, 0.3) is 11.4 Å². The molecule has 29 heavy (non-hydrogen) atoms. The van der Waals surface area contributed by atoms with Crippen molar-refractivity contribution >= 4 is 11.9 Å². The van der Waals surface area contributed by atoms with Crippen LogP contribution in [0.4, 0.5) is 5.95 Å². The maximum Gasteiger partial charge on any atom is 0.225 e. The summed E-state index contributed by atoms with van der Waals surface area (Å²) in [5, 5.41) is 7.59. The molecular weight excluding hydrogens is 366 g/mol. The van der Waals surface area contributed by atoms with Crippen LogP contribution >= 0.6 is 0 Å². The van der Waals surface area contributed by atoms with Crippen LogP contribution in [0.1, 0.15) is 29.8 Å². The second kappa shape index (κ2) is 8.06. The van der Waals surface area contributed by atoms with Gasteiger partial charge in [-0.3, -0.25) is 9.48 Å². The minimum Gasteiger partial charge on any atom is -0.360 e. The number of carbonyl (C=O) groups excluding carboxylic acids is 1. The number of nitrogens with one attached hydrogen (secondary N) is 2. The molecule has 2 N–H and O–H groups in total. The molecule has 0 radical (unpaired) electrons. The summed E-state index contributed by atoms with van der Waals surface area (Å²) in [6.07, 6.45) is 5.75. The molecule has 0 bridgehead atoms. The Kier molecular flexibility index (Phi) is 5.33. The summed E-state index contributed by atoms with van der Waals surface area (Å²) in [5.41, 5.74) is 5.14. The van der Waals surface area contributed by atoms with Crippen LogP contribution in [-0.4, -0.2) is 49.8 Å². The second-order valence-corrected chi connectivity index (χ2v) is 7.60. The maximum absolute atomic E-state index is 12.5. The Morgan fingerprint density at radius 3 is 2.93 bits per heavy atom. The van der Waals surface area contributed by atoms with Crippen molar-refractivity contribution in [3.05, 3.63) is 47.5 Å². The fourth-order valence-electron chi connectivity index (χ4n) is 3.92. The number of anilines is 1. The van der Waals surface area contributed by atoms with E-state index in [-0.39, 0.29) is 11.9 Å². The number of carbonyl (C=O) groups is 1. The highest BCUT2D eigenvalue weighted by Gasteiger charge is 2.26. The highest BCUT2D eigenvalue weighted by Crippen LogP contribution is 2.20. The lowest BCUT2D eigenvalue weighted by molar-refractivity contribution is -0.121. The molecule has 8 heteroatoms. The van der Waals surface area contributed by atoms with E-state index >= 15 is 0 Å². The Labute approximate surface area is 170 Å². The van der Waals surface area contributed by atoms with Crippen LogP contribution in [-0.2, 0) is 18.3 Å².